The monoisotopic (exact) mass is 374 g/mol. The summed E-state index contributed by atoms with van der Waals surface area (Å²) in [7, 11) is 0. The molecule has 0 spiro atoms. The molecule has 1 aliphatic heterocycles. The number of primary amides is 1. The Balaban J connectivity index is 1.80. The highest BCUT2D eigenvalue weighted by Crippen LogP contribution is 2.29. The van der Waals surface area contributed by atoms with E-state index in [2.05, 4.69) is 12.6 Å². The number of hydrogen-bond acceptors (Lipinski definition) is 5. The van der Waals surface area contributed by atoms with E-state index in [0.717, 1.165) is 10.5 Å². The number of carbonyl (C=O) groups excluding carboxylic acids is 3. The first-order chi connectivity index (χ1) is 12.4. The highest BCUT2D eigenvalue weighted by Gasteiger charge is 2.41. The second kappa shape index (κ2) is 7.17. The molecule has 3 rings (SSSR count). The van der Waals surface area contributed by atoms with Crippen LogP contribution in [0.4, 0.5) is 4.39 Å². The number of halogens is 1. The van der Waals surface area contributed by atoms with Crippen LogP contribution < -0.4 is 10.5 Å². The molecule has 1 atom stereocenters. The number of nitrogens with two attached hydrogens (primary N) is 1. The van der Waals surface area contributed by atoms with Gasteiger partial charge in [0, 0.05) is 5.75 Å². The normalized spacial score (nSPS) is 14.3. The maximum absolute atomic E-state index is 12.9. The highest BCUT2D eigenvalue weighted by molar-refractivity contribution is 7.80. The van der Waals surface area contributed by atoms with Crippen molar-refractivity contribution in [1.82, 2.24) is 4.90 Å². The zero-order valence-electron chi connectivity index (χ0n) is 13.5. The van der Waals surface area contributed by atoms with E-state index in [1.165, 1.54) is 24.3 Å². The molecule has 6 nitrogen and oxygen atoms in total. The standard InChI is InChI=1S/C18H15FN2O4S/c19-11-3-1-10(2-4-11)8-25-12-5-6-13-14(7-12)18(24)21(17(13)23)15(9-26)16(20)22/h1-7,15,26H,8-9H2,(H2,20,22). The maximum Gasteiger partial charge on any atom is 0.262 e. The van der Waals surface area contributed by atoms with Crippen LogP contribution >= 0.6 is 12.6 Å². The van der Waals surface area contributed by atoms with Crippen LogP contribution in [-0.2, 0) is 11.4 Å². The Bertz CT molecular complexity index is 885. The number of fused-ring (bicyclic) bond motifs is 1. The number of ether oxygens (including phenoxy) is 1. The summed E-state index contributed by atoms with van der Waals surface area (Å²) in [6.45, 7) is 0.172. The van der Waals surface area contributed by atoms with E-state index < -0.39 is 23.8 Å². The Morgan fingerprint density at radius 1 is 1.12 bits per heavy atom. The average Bonchev–Trinajstić information content (AvgIpc) is 2.86. The summed E-state index contributed by atoms with van der Waals surface area (Å²) in [5, 5.41) is 0. The zero-order chi connectivity index (χ0) is 18.8. The Morgan fingerprint density at radius 3 is 2.38 bits per heavy atom. The molecule has 1 aliphatic rings. The van der Waals surface area contributed by atoms with E-state index in [4.69, 9.17) is 10.5 Å². The fourth-order valence-corrected chi connectivity index (χ4v) is 3.00. The summed E-state index contributed by atoms with van der Waals surface area (Å²) in [4.78, 5) is 37.3. The molecule has 1 unspecified atom stereocenters. The van der Waals surface area contributed by atoms with Gasteiger partial charge in [-0.1, -0.05) is 12.1 Å². The second-order valence-corrected chi connectivity index (χ2v) is 6.07. The third kappa shape index (κ3) is 3.28. The molecular weight excluding hydrogens is 359 g/mol. The number of carbonyl (C=O) groups is 3. The fourth-order valence-electron chi connectivity index (χ4n) is 2.66. The summed E-state index contributed by atoms with van der Waals surface area (Å²) in [6, 6.07) is 9.16. The minimum absolute atomic E-state index is 0.0608. The number of thiol groups is 1. The van der Waals surface area contributed by atoms with Crippen LogP contribution in [0, 0.1) is 5.82 Å². The summed E-state index contributed by atoms with van der Waals surface area (Å²) >= 11 is 3.99. The van der Waals surface area contributed by atoms with Crippen molar-refractivity contribution in [2.45, 2.75) is 12.6 Å². The molecular formula is C18H15FN2O4S. The summed E-state index contributed by atoms with van der Waals surface area (Å²) < 4.78 is 18.5. The molecule has 0 bridgehead atoms. The first-order valence-corrected chi connectivity index (χ1v) is 8.35. The molecule has 26 heavy (non-hydrogen) atoms. The van der Waals surface area contributed by atoms with Crippen LogP contribution in [0.15, 0.2) is 42.5 Å². The first kappa shape index (κ1) is 17.9. The fraction of sp³-hybridized carbons (Fsp3) is 0.167. The van der Waals surface area contributed by atoms with Crippen molar-refractivity contribution < 1.29 is 23.5 Å². The molecule has 2 aromatic rings. The molecule has 0 fully saturated rings. The van der Waals surface area contributed by atoms with Crippen molar-refractivity contribution in [2.75, 3.05) is 5.75 Å². The molecule has 0 radical (unpaired) electrons. The van der Waals surface area contributed by atoms with Gasteiger partial charge in [0.05, 0.1) is 11.1 Å². The lowest BCUT2D eigenvalue weighted by atomic mass is 10.1. The van der Waals surface area contributed by atoms with Crippen molar-refractivity contribution in [1.29, 1.82) is 0 Å². The molecule has 2 aromatic carbocycles. The van der Waals surface area contributed by atoms with Crippen LogP contribution in [0.3, 0.4) is 0 Å². The van der Waals surface area contributed by atoms with E-state index in [1.54, 1.807) is 18.2 Å². The third-order valence-corrected chi connectivity index (χ3v) is 4.37. The van der Waals surface area contributed by atoms with E-state index in [-0.39, 0.29) is 29.3 Å². The molecule has 0 aliphatic carbocycles. The predicted molar refractivity (Wildman–Crippen MR) is 94.5 cm³/mol. The second-order valence-electron chi connectivity index (χ2n) is 5.70. The molecule has 2 N–H and O–H groups in total. The number of nitrogens with zero attached hydrogens (tertiary/aromatic N) is 1. The lowest BCUT2D eigenvalue weighted by Crippen LogP contribution is -2.48. The minimum atomic E-state index is -1.12. The molecule has 0 aromatic heterocycles. The van der Waals surface area contributed by atoms with Gasteiger partial charge in [0.25, 0.3) is 11.8 Å². The quantitative estimate of drug-likeness (QED) is 0.596. The van der Waals surface area contributed by atoms with Crippen molar-refractivity contribution in [2.24, 2.45) is 5.73 Å². The predicted octanol–water partition coefficient (Wildman–Crippen LogP) is 1.78. The molecule has 0 saturated carbocycles. The number of benzene rings is 2. The maximum atomic E-state index is 12.9. The number of amides is 3. The van der Waals surface area contributed by atoms with Gasteiger partial charge in [-0.25, -0.2) is 4.39 Å². The molecule has 1 heterocycles. The summed E-state index contributed by atoms with van der Waals surface area (Å²) in [5.74, 6) is -2.04. The summed E-state index contributed by atoms with van der Waals surface area (Å²) in [5.41, 5.74) is 6.32. The van der Waals surface area contributed by atoms with E-state index in [1.807, 2.05) is 0 Å². The van der Waals surface area contributed by atoms with Gasteiger partial charge in [-0.15, -0.1) is 0 Å². The van der Waals surface area contributed by atoms with Crippen LogP contribution in [0.2, 0.25) is 0 Å². The zero-order valence-corrected chi connectivity index (χ0v) is 14.4. The smallest absolute Gasteiger partial charge is 0.262 e. The Labute approximate surface area is 154 Å². The lowest BCUT2D eigenvalue weighted by molar-refractivity contribution is -0.121. The SMILES string of the molecule is NC(=O)C(CS)N1C(=O)c2ccc(OCc3ccc(F)cc3)cc2C1=O. The summed E-state index contributed by atoms with van der Waals surface area (Å²) in [6.07, 6.45) is 0. The van der Waals surface area contributed by atoms with Gasteiger partial charge in [0.15, 0.2) is 0 Å². The topological polar surface area (TPSA) is 89.7 Å². The van der Waals surface area contributed by atoms with Crippen LogP contribution in [0.1, 0.15) is 26.3 Å². The van der Waals surface area contributed by atoms with Crippen molar-refractivity contribution in [3.8, 4) is 5.75 Å². The van der Waals surface area contributed by atoms with E-state index in [0.29, 0.717) is 5.75 Å². The number of hydrogen-bond donors (Lipinski definition) is 2. The number of rotatable bonds is 6. The minimum Gasteiger partial charge on any atom is -0.489 e. The largest absolute Gasteiger partial charge is 0.489 e. The number of imide groups is 1. The highest BCUT2D eigenvalue weighted by atomic mass is 32.1. The van der Waals surface area contributed by atoms with Crippen LogP contribution in [-0.4, -0.2) is 34.4 Å². The van der Waals surface area contributed by atoms with Gasteiger partial charge >= 0.3 is 0 Å². The van der Waals surface area contributed by atoms with Crippen molar-refractivity contribution in [3.05, 3.63) is 65.0 Å². The van der Waals surface area contributed by atoms with Gasteiger partial charge in [-0.3, -0.25) is 19.3 Å². The average molecular weight is 374 g/mol. The molecule has 8 heteroatoms. The van der Waals surface area contributed by atoms with Crippen molar-refractivity contribution >= 4 is 30.4 Å². The lowest BCUT2D eigenvalue weighted by Gasteiger charge is -2.21. The van der Waals surface area contributed by atoms with E-state index >= 15 is 0 Å². The third-order valence-electron chi connectivity index (χ3n) is 4.02. The Morgan fingerprint density at radius 2 is 1.77 bits per heavy atom. The van der Waals surface area contributed by atoms with Gasteiger partial charge < -0.3 is 10.5 Å². The Kier molecular flexibility index (Phi) is 4.94. The first-order valence-electron chi connectivity index (χ1n) is 7.71. The van der Waals surface area contributed by atoms with Gasteiger partial charge in [-0.2, -0.15) is 12.6 Å². The molecule has 0 saturated heterocycles. The van der Waals surface area contributed by atoms with Crippen LogP contribution in [0.25, 0.3) is 0 Å². The van der Waals surface area contributed by atoms with Gasteiger partial charge in [0.1, 0.15) is 24.2 Å². The Hall–Kier alpha value is -2.87. The molecule has 3 amide bonds. The van der Waals surface area contributed by atoms with E-state index in [9.17, 15) is 18.8 Å². The van der Waals surface area contributed by atoms with Gasteiger partial charge in [-0.05, 0) is 35.9 Å². The van der Waals surface area contributed by atoms with Gasteiger partial charge in [0.2, 0.25) is 5.91 Å². The molecule has 134 valence electrons. The van der Waals surface area contributed by atoms with Crippen LogP contribution in [0.5, 0.6) is 5.75 Å². The van der Waals surface area contributed by atoms with Crippen molar-refractivity contribution in [3.63, 3.8) is 0 Å².